The van der Waals surface area contributed by atoms with Crippen LogP contribution in [0.25, 0.3) is 0 Å². The molecule has 1 aliphatic rings. The Hall–Kier alpha value is -3.35. The van der Waals surface area contributed by atoms with Gasteiger partial charge in [0.1, 0.15) is 5.75 Å². The van der Waals surface area contributed by atoms with Crippen molar-refractivity contribution < 1.29 is 23.9 Å². The molecule has 0 aromatic heterocycles. The maximum Gasteiger partial charge on any atom is 0.338 e. The number of nitrogens with one attached hydrogen (secondary N) is 1. The van der Waals surface area contributed by atoms with Crippen LogP contribution < -0.4 is 15.0 Å². The van der Waals surface area contributed by atoms with Crippen LogP contribution in [-0.2, 0) is 14.3 Å². The van der Waals surface area contributed by atoms with Gasteiger partial charge in [-0.3, -0.25) is 9.59 Å². The normalized spacial score (nSPS) is 16.0. The van der Waals surface area contributed by atoms with Crippen LogP contribution in [0.1, 0.15) is 23.7 Å². The number of methoxy groups -OCH3 is 1. The number of ether oxygens (including phenoxy) is 2. The second-order valence-electron chi connectivity index (χ2n) is 6.19. The molecule has 0 saturated heterocycles. The van der Waals surface area contributed by atoms with E-state index in [-0.39, 0.29) is 18.4 Å². The van der Waals surface area contributed by atoms with Crippen molar-refractivity contribution in [3.63, 3.8) is 0 Å². The molecule has 0 saturated carbocycles. The molecular formula is C20H20N2O5. The first-order valence-electron chi connectivity index (χ1n) is 8.51. The highest BCUT2D eigenvalue weighted by molar-refractivity contribution is 6.05. The van der Waals surface area contributed by atoms with E-state index >= 15 is 0 Å². The number of carbonyl (C=O) groups is 3. The van der Waals surface area contributed by atoms with E-state index in [2.05, 4.69) is 5.32 Å². The summed E-state index contributed by atoms with van der Waals surface area (Å²) >= 11 is 0. The number of esters is 1. The van der Waals surface area contributed by atoms with Gasteiger partial charge in [0, 0.05) is 12.5 Å². The Kier molecular flexibility index (Phi) is 5.40. The SMILES string of the molecule is COc1ccc(C(=O)OCC(=O)N2c3ccccc3NC(=O)CC2C)cc1. The fraction of sp³-hybridized carbons (Fsp3) is 0.250. The lowest BCUT2D eigenvalue weighted by Gasteiger charge is -2.27. The van der Waals surface area contributed by atoms with Crippen LogP contribution in [0.4, 0.5) is 11.4 Å². The number of nitrogens with zero attached hydrogens (tertiary/aromatic N) is 1. The molecule has 0 bridgehead atoms. The molecule has 7 nitrogen and oxygen atoms in total. The zero-order valence-electron chi connectivity index (χ0n) is 15.1. The molecule has 0 radical (unpaired) electrons. The van der Waals surface area contributed by atoms with Crippen LogP contribution in [-0.4, -0.2) is 37.5 Å². The predicted molar refractivity (Wildman–Crippen MR) is 99.9 cm³/mol. The number of fused-ring (bicyclic) bond motifs is 1. The number of benzene rings is 2. The lowest BCUT2D eigenvalue weighted by Crippen LogP contribution is -2.41. The van der Waals surface area contributed by atoms with Crippen molar-refractivity contribution in [1.82, 2.24) is 0 Å². The number of carbonyl (C=O) groups excluding carboxylic acids is 3. The van der Waals surface area contributed by atoms with E-state index in [9.17, 15) is 14.4 Å². The van der Waals surface area contributed by atoms with E-state index in [0.29, 0.717) is 22.7 Å². The highest BCUT2D eigenvalue weighted by Crippen LogP contribution is 2.31. The van der Waals surface area contributed by atoms with E-state index in [1.165, 1.54) is 12.0 Å². The van der Waals surface area contributed by atoms with Crippen molar-refractivity contribution in [1.29, 1.82) is 0 Å². The molecule has 140 valence electrons. The summed E-state index contributed by atoms with van der Waals surface area (Å²) in [7, 11) is 1.53. The minimum Gasteiger partial charge on any atom is -0.497 e. The topological polar surface area (TPSA) is 84.9 Å². The first-order valence-corrected chi connectivity index (χ1v) is 8.51. The molecular weight excluding hydrogens is 348 g/mol. The van der Waals surface area contributed by atoms with E-state index in [1.54, 1.807) is 55.5 Å². The maximum atomic E-state index is 12.8. The molecule has 0 spiro atoms. The molecule has 1 N–H and O–H groups in total. The van der Waals surface area contributed by atoms with Crippen LogP contribution in [0.3, 0.4) is 0 Å². The van der Waals surface area contributed by atoms with Crippen LogP contribution in [0.5, 0.6) is 5.75 Å². The van der Waals surface area contributed by atoms with Gasteiger partial charge in [-0.15, -0.1) is 0 Å². The number of hydrogen-bond donors (Lipinski definition) is 1. The number of hydrogen-bond acceptors (Lipinski definition) is 5. The van der Waals surface area contributed by atoms with Crippen LogP contribution >= 0.6 is 0 Å². The highest BCUT2D eigenvalue weighted by atomic mass is 16.5. The highest BCUT2D eigenvalue weighted by Gasteiger charge is 2.30. The van der Waals surface area contributed by atoms with E-state index in [1.807, 2.05) is 0 Å². The molecule has 1 heterocycles. The summed E-state index contributed by atoms with van der Waals surface area (Å²) in [5, 5.41) is 2.79. The number of para-hydroxylation sites is 2. The molecule has 3 rings (SSSR count). The Labute approximate surface area is 156 Å². The molecule has 27 heavy (non-hydrogen) atoms. The summed E-state index contributed by atoms with van der Waals surface area (Å²) in [6.45, 7) is 1.36. The smallest absolute Gasteiger partial charge is 0.338 e. The first kappa shape index (κ1) is 18.4. The molecule has 0 fully saturated rings. The molecule has 7 heteroatoms. The largest absolute Gasteiger partial charge is 0.497 e. The number of rotatable bonds is 4. The zero-order valence-corrected chi connectivity index (χ0v) is 15.1. The van der Waals surface area contributed by atoms with Crippen molar-refractivity contribution in [2.75, 3.05) is 23.9 Å². The van der Waals surface area contributed by atoms with Gasteiger partial charge in [0.05, 0.1) is 24.0 Å². The summed E-state index contributed by atoms with van der Waals surface area (Å²) in [6, 6.07) is 13.1. The number of anilines is 2. The van der Waals surface area contributed by atoms with Crippen LogP contribution in [0.2, 0.25) is 0 Å². The Morgan fingerprint density at radius 3 is 2.56 bits per heavy atom. The van der Waals surface area contributed by atoms with Crippen LogP contribution in [0, 0.1) is 0 Å². The van der Waals surface area contributed by atoms with Gasteiger partial charge in [0.15, 0.2) is 6.61 Å². The fourth-order valence-corrected chi connectivity index (χ4v) is 2.98. The predicted octanol–water partition coefficient (Wildman–Crippen LogP) is 2.62. The number of amides is 2. The summed E-state index contributed by atoms with van der Waals surface area (Å²) in [5.41, 5.74) is 1.47. The lowest BCUT2D eigenvalue weighted by molar-refractivity contribution is -0.122. The molecule has 0 aliphatic carbocycles. The van der Waals surface area contributed by atoms with Crippen molar-refractivity contribution in [3.8, 4) is 5.75 Å². The van der Waals surface area contributed by atoms with Gasteiger partial charge in [0.2, 0.25) is 5.91 Å². The van der Waals surface area contributed by atoms with Gasteiger partial charge in [0.25, 0.3) is 5.91 Å². The zero-order chi connectivity index (χ0) is 19.4. The molecule has 2 aromatic rings. The second-order valence-corrected chi connectivity index (χ2v) is 6.19. The molecule has 1 atom stereocenters. The van der Waals surface area contributed by atoms with Gasteiger partial charge in [-0.2, -0.15) is 0 Å². The van der Waals surface area contributed by atoms with Gasteiger partial charge < -0.3 is 19.7 Å². The van der Waals surface area contributed by atoms with Crippen molar-refractivity contribution in [3.05, 3.63) is 54.1 Å². The van der Waals surface area contributed by atoms with Crippen molar-refractivity contribution >= 4 is 29.2 Å². The first-order chi connectivity index (χ1) is 13.0. The molecule has 2 amide bonds. The van der Waals surface area contributed by atoms with Gasteiger partial charge >= 0.3 is 5.97 Å². The summed E-state index contributed by atoms with van der Waals surface area (Å²) < 4.78 is 10.2. The van der Waals surface area contributed by atoms with E-state index < -0.39 is 18.5 Å². The molecule has 2 aromatic carbocycles. The fourth-order valence-electron chi connectivity index (χ4n) is 2.98. The molecule has 1 aliphatic heterocycles. The third kappa shape index (κ3) is 4.08. The van der Waals surface area contributed by atoms with Gasteiger partial charge in [-0.25, -0.2) is 4.79 Å². The van der Waals surface area contributed by atoms with Gasteiger partial charge in [-0.05, 0) is 43.3 Å². The Morgan fingerprint density at radius 2 is 1.85 bits per heavy atom. The standard InChI is InChI=1S/C20H20N2O5/c1-13-11-18(23)21-16-5-3-4-6-17(16)22(13)19(24)12-27-20(25)14-7-9-15(26-2)10-8-14/h3-10,13H,11-12H2,1-2H3,(H,21,23). The third-order valence-electron chi connectivity index (χ3n) is 4.28. The summed E-state index contributed by atoms with van der Waals surface area (Å²) in [5.74, 6) is -0.542. The summed E-state index contributed by atoms with van der Waals surface area (Å²) in [4.78, 5) is 38.4. The minimum atomic E-state index is -0.601. The summed E-state index contributed by atoms with van der Waals surface area (Å²) in [6.07, 6.45) is 0.160. The Bertz CT molecular complexity index is 863. The quantitative estimate of drug-likeness (QED) is 0.839. The Balaban J connectivity index is 1.72. The van der Waals surface area contributed by atoms with Crippen molar-refractivity contribution in [2.24, 2.45) is 0 Å². The Morgan fingerprint density at radius 1 is 1.15 bits per heavy atom. The monoisotopic (exact) mass is 368 g/mol. The average molecular weight is 368 g/mol. The lowest BCUT2D eigenvalue weighted by atomic mass is 10.1. The minimum absolute atomic E-state index is 0.160. The average Bonchev–Trinajstić information content (AvgIpc) is 2.80. The van der Waals surface area contributed by atoms with Gasteiger partial charge in [-0.1, -0.05) is 12.1 Å². The maximum absolute atomic E-state index is 12.8. The van der Waals surface area contributed by atoms with Crippen LogP contribution in [0.15, 0.2) is 48.5 Å². The molecule has 1 unspecified atom stereocenters. The second kappa shape index (κ2) is 7.90. The van der Waals surface area contributed by atoms with Crippen molar-refractivity contribution in [2.45, 2.75) is 19.4 Å². The van der Waals surface area contributed by atoms with E-state index in [4.69, 9.17) is 9.47 Å². The van der Waals surface area contributed by atoms with E-state index in [0.717, 1.165) is 0 Å². The third-order valence-corrected chi connectivity index (χ3v) is 4.28.